The molecule has 0 radical (unpaired) electrons. The van der Waals surface area contributed by atoms with Crippen molar-refractivity contribution >= 4 is 17.0 Å². The quantitative estimate of drug-likeness (QED) is 0.670. The van der Waals surface area contributed by atoms with Crippen LogP contribution in [-0.4, -0.2) is 15.0 Å². The molecular weight excluding hydrogens is 240 g/mol. The highest BCUT2D eigenvalue weighted by atomic mass is 32.1. The number of thiazole rings is 1. The van der Waals surface area contributed by atoms with Gasteiger partial charge >= 0.3 is 0 Å². The van der Waals surface area contributed by atoms with E-state index in [-0.39, 0.29) is 12.3 Å². The van der Waals surface area contributed by atoms with Crippen LogP contribution in [0.3, 0.4) is 0 Å². The number of nitrogens with zero attached hydrogens (tertiary/aromatic N) is 2. The average Bonchev–Trinajstić information content (AvgIpc) is 2.76. The van der Waals surface area contributed by atoms with E-state index in [1.165, 1.54) is 17.4 Å². The van der Waals surface area contributed by atoms with Crippen LogP contribution < -0.4 is 0 Å². The number of nitro groups is 1. The number of hydrogen-bond donors (Lipinski definition) is 1. The van der Waals surface area contributed by atoms with Crippen molar-refractivity contribution in [3.05, 3.63) is 45.0 Å². The van der Waals surface area contributed by atoms with Crippen molar-refractivity contribution in [3.63, 3.8) is 0 Å². The summed E-state index contributed by atoms with van der Waals surface area (Å²) in [7, 11) is 0. The maximum Gasteiger partial charge on any atom is 0.272 e. The summed E-state index contributed by atoms with van der Waals surface area (Å²) < 4.78 is 0. The lowest BCUT2D eigenvalue weighted by molar-refractivity contribution is -0.385. The topological polar surface area (TPSA) is 76.3 Å². The molecule has 2 rings (SSSR count). The number of aliphatic hydroxyl groups is 1. The van der Waals surface area contributed by atoms with Gasteiger partial charge in [-0.1, -0.05) is 0 Å². The first-order chi connectivity index (χ1) is 8.11. The fraction of sp³-hybridized carbons (Fsp3) is 0.182. The lowest BCUT2D eigenvalue weighted by Gasteiger charge is -2.00. The van der Waals surface area contributed by atoms with E-state index < -0.39 is 4.92 Å². The van der Waals surface area contributed by atoms with Crippen LogP contribution in [0.4, 0.5) is 5.69 Å². The Morgan fingerprint density at radius 1 is 1.53 bits per heavy atom. The fourth-order valence-electron chi connectivity index (χ4n) is 1.51. The van der Waals surface area contributed by atoms with Gasteiger partial charge in [0.05, 0.1) is 17.2 Å². The van der Waals surface area contributed by atoms with Gasteiger partial charge in [-0.2, -0.15) is 0 Å². The van der Waals surface area contributed by atoms with Gasteiger partial charge in [0.1, 0.15) is 5.01 Å². The molecule has 5 nitrogen and oxygen atoms in total. The minimum atomic E-state index is -0.403. The van der Waals surface area contributed by atoms with Crippen molar-refractivity contribution in [2.75, 3.05) is 0 Å². The van der Waals surface area contributed by atoms with Crippen molar-refractivity contribution in [3.8, 4) is 10.6 Å². The van der Waals surface area contributed by atoms with Gasteiger partial charge in [0.2, 0.25) is 0 Å². The summed E-state index contributed by atoms with van der Waals surface area (Å²) in [4.78, 5) is 14.5. The predicted molar refractivity (Wildman–Crippen MR) is 64.9 cm³/mol. The van der Waals surface area contributed by atoms with Crippen LogP contribution >= 0.6 is 11.3 Å². The molecular formula is C11H10N2O3S. The van der Waals surface area contributed by atoms with E-state index in [9.17, 15) is 10.1 Å². The van der Waals surface area contributed by atoms with Crippen LogP contribution in [0.5, 0.6) is 0 Å². The van der Waals surface area contributed by atoms with E-state index in [1.54, 1.807) is 24.4 Å². The van der Waals surface area contributed by atoms with Gasteiger partial charge in [0.15, 0.2) is 0 Å². The summed E-state index contributed by atoms with van der Waals surface area (Å²) in [6, 6.07) is 4.88. The molecule has 17 heavy (non-hydrogen) atoms. The van der Waals surface area contributed by atoms with Crippen LogP contribution in [0, 0.1) is 17.0 Å². The highest BCUT2D eigenvalue weighted by molar-refractivity contribution is 7.13. The molecule has 0 aliphatic heterocycles. The van der Waals surface area contributed by atoms with Crippen molar-refractivity contribution in [2.24, 2.45) is 0 Å². The van der Waals surface area contributed by atoms with E-state index in [1.807, 2.05) is 0 Å². The number of hydrogen-bond acceptors (Lipinski definition) is 5. The Labute approximate surface area is 102 Å². The number of rotatable bonds is 3. The second-order valence-corrected chi connectivity index (χ2v) is 4.42. The van der Waals surface area contributed by atoms with Gasteiger partial charge in [-0.15, -0.1) is 11.3 Å². The summed E-state index contributed by atoms with van der Waals surface area (Å²) >= 11 is 1.41. The van der Waals surface area contributed by atoms with Crippen LogP contribution in [0.15, 0.2) is 23.6 Å². The molecule has 0 atom stereocenters. The third kappa shape index (κ3) is 2.32. The Morgan fingerprint density at radius 3 is 2.82 bits per heavy atom. The Morgan fingerprint density at radius 2 is 2.29 bits per heavy atom. The number of benzene rings is 1. The van der Waals surface area contributed by atoms with Gasteiger partial charge in [0, 0.05) is 22.6 Å². The minimum Gasteiger partial charge on any atom is -0.390 e. The maximum atomic E-state index is 10.7. The first-order valence-electron chi connectivity index (χ1n) is 4.92. The molecule has 0 spiro atoms. The second kappa shape index (κ2) is 4.60. The molecule has 0 fully saturated rings. The third-order valence-electron chi connectivity index (χ3n) is 2.35. The van der Waals surface area contributed by atoms with Gasteiger partial charge in [-0.3, -0.25) is 10.1 Å². The zero-order chi connectivity index (χ0) is 12.4. The van der Waals surface area contributed by atoms with Crippen LogP contribution in [0.2, 0.25) is 0 Å². The molecule has 2 aromatic rings. The number of nitro benzene ring substituents is 1. The van der Waals surface area contributed by atoms with Crippen molar-refractivity contribution in [1.82, 2.24) is 4.98 Å². The molecule has 1 aromatic carbocycles. The van der Waals surface area contributed by atoms with Crippen molar-refractivity contribution in [1.29, 1.82) is 0 Å². The number of aliphatic hydroxyl groups excluding tert-OH is 1. The smallest absolute Gasteiger partial charge is 0.272 e. The van der Waals surface area contributed by atoms with Crippen LogP contribution in [0.1, 0.15) is 11.3 Å². The summed E-state index contributed by atoms with van der Waals surface area (Å²) in [6.45, 7) is 1.60. The van der Waals surface area contributed by atoms with Gasteiger partial charge in [-0.25, -0.2) is 4.98 Å². The Kier molecular flexibility index (Phi) is 3.16. The molecule has 1 N–H and O–H groups in total. The van der Waals surface area contributed by atoms with Gasteiger partial charge in [-0.05, 0) is 19.1 Å². The van der Waals surface area contributed by atoms with Crippen LogP contribution in [-0.2, 0) is 6.61 Å². The largest absolute Gasteiger partial charge is 0.390 e. The Balaban J connectivity index is 2.40. The molecule has 1 aromatic heterocycles. The Bertz CT molecular complexity index is 566. The fourth-order valence-corrected chi connectivity index (χ4v) is 2.31. The van der Waals surface area contributed by atoms with Crippen molar-refractivity contribution < 1.29 is 10.0 Å². The highest BCUT2D eigenvalue weighted by Gasteiger charge is 2.12. The first-order valence-corrected chi connectivity index (χ1v) is 5.80. The summed E-state index contributed by atoms with van der Waals surface area (Å²) in [5.74, 6) is 0. The molecule has 0 bridgehead atoms. The van der Waals surface area contributed by atoms with Gasteiger partial charge < -0.3 is 5.11 Å². The molecule has 0 aliphatic carbocycles. The summed E-state index contributed by atoms with van der Waals surface area (Å²) in [6.07, 6.45) is 0. The van der Waals surface area contributed by atoms with E-state index in [0.29, 0.717) is 11.3 Å². The number of aryl methyl sites for hydroxylation is 1. The monoisotopic (exact) mass is 250 g/mol. The lowest BCUT2D eigenvalue weighted by atomic mass is 10.1. The molecule has 1 heterocycles. The molecule has 0 saturated heterocycles. The van der Waals surface area contributed by atoms with E-state index in [2.05, 4.69) is 4.98 Å². The van der Waals surface area contributed by atoms with E-state index >= 15 is 0 Å². The van der Waals surface area contributed by atoms with Crippen molar-refractivity contribution in [2.45, 2.75) is 13.5 Å². The standard InChI is InChI=1S/C11H10N2O3S/c1-7-4-8(2-3-10(7)13(15)16)11-12-9(5-14)6-17-11/h2-4,6,14H,5H2,1H3. The summed E-state index contributed by atoms with van der Waals surface area (Å²) in [5.41, 5.74) is 2.15. The summed E-state index contributed by atoms with van der Waals surface area (Å²) in [5, 5.41) is 22.1. The normalized spacial score (nSPS) is 10.5. The van der Waals surface area contributed by atoms with E-state index in [4.69, 9.17) is 5.11 Å². The Hall–Kier alpha value is -1.79. The molecule has 6 heteroatoms. The number of aromatic nitrogens is 1. The maximum absolute atomic E-state index is 10.7. The first kappa shape index (κ1) is 11.7. The third-order valence-corrected chi connectivity index (χ3v) is 3.29. The molecule has 0 amide bonds. The second-order valence-electron chi connectivity index (χ2n) is 3.56. The molecule has 0 aliphatic rings. The van der Waals surface area contributed by atoms with E-state index in [0.717, 1.165) is 10.6 Å². The van der Waals surface area contributed by atoms with Gasteiger partial charge in [0.25, 0.3) is 5.69 Å². The minimum absolute atomic E-state index is 0.0948. The molecule has 88 valence electrons. The zero-order valence-corrected chi connectivity index (χ0v) is 9.90. The predicted octanol–water partition coefficient (Wildman–Crippen LogP) is 2.52. The van der Waals surface area contributed by atoms with Crippen LogP contribution in [0.25, 0.3) is 10.6 Å². The molecule has 0 unspecified atom stereocenters. The average molecular weight is 250 g/mol. The zero-order valence-electron chi connectivity index (χ0n) is 9.08. The SMILES string of the molecule is Cc1cc(-c2nc(CO)cs2)ccc1[N+](=O)[O-]. The molecule has 0 saturated carbocycles. The lowest BCUT2D eigenvalue weighted by Crippen LogP contribution is -1.91. The highest BCUT2D eigenvalue weighted by Crippen LogP contribution is 2.28.